The predicted molar refractivity (Wildman–Crippen MR) is 166 cm³/mol. The second kappa shape index (κ2) is 15.3. The minimum atomic E-state index is -2.35. The van der Waals surface area contributed by atoms with E-state index in [1.807, 2.05) is 73.5 Å². The molecular formula is C36H35F5N2O5. The second-order valence-electron chi connectivity index (χ2n) is 11.8. The minimum Gasteiger partial charge on any atom is -0.392 e. The molecule has 0 bridgehead atoms. The highest BCUT2D eigenvalue weighted by Gasteiger charge is 2.34. The van der Waals surface area contributed by atoms with E-state index in [1.54, 1.807) is 24.3 Å². The van der Waals surface area contributed by atoms with Crippen molar-refractivity contribution >= 4 is 5.91 Å². The molecule has 48 heavy (non-hydrogen) atoms. The largest absolute Gasteiger partial charge is 0.392 e. The molecule has 0 radical (unpaired) electrons. The van der Waals surface area contributed by atoms with Gasteiger partial charge in [0, 0.05) is 31.1 Å². The van der Waals surface area contributed by atoms with Gasteiger partial charge in [-0.05, 0) is 36.2 Å². The number of carbonyl (C=O) groups is 1. The topological polar surface area (TPSA) is 91.3 Å². The highest BCUT2D eigenvalue weighted by Crippen LogP contribution is 2.38. The molecule has 1 heterocycles. The first-order valence-corrected chi connectivity index (χ1v) is 15.3. The van der Waals surface area contributed by atoms with Crippen LogP contribution in [0.4, 0.5) is 22.0 Å². The molecule has 4 aromatic rings. The second-order valence-corrected chi connectivity index (χ2v) is 11.8. The summed E-state index contributed by atoms with van der Waals surface area (Å²) in [5.74, 6) is -12.6. The summed E-state index contributed by atoms with van der Waals surface area (Å²) in [6, 6.07) is 23.1. The smallest absolute Gasteiger partial charge is 0.257 e. The van der Waals surface area contributed by atoms with Crippen LogP contribution in [0.3, 0.4) is 0 Å². The van der Waals surface area contributed by atoms with Crippen LogP contribution in [-0.2, 0) is 22.6 Å². The van der Waals surface area contributed by atoms with Gasteiger partial charge < -0.3 is 25.0 Å². The van der Waals surface area contributed by atoms with Crippen LogP contribution in [0.25, 0.3) is 0 Å². The van der Waals surface area contributed by atoms with E-state index in [1.165, 1.54) is 0 Å². The van der Waals surface area contributed by atoms with E-state index in [0.29, 0.717) is 24.1 Å². The third kappa shape index (κ3) is 7.74. The van der Waals surface area contributed by atoms with E-state index in [-0.39, 0.29) is 31.4 Å². The quantitative estimate of drug-likeness (QED) is 0.0972. The van der Waals surface area contributed by atoms with Gasteiger partial charge in [-0.2, -0.15) is 0 Å². The lowest BCUT2D eigenvalue weighted by Gasteiger charge is -2.39. The first-order chi connectivity index (χ1) is 23.0. The maximum absolute atomic E-state index is 14.1. The van der Waals surface area contributed by atoms with Crippen LogP contribution >= 0.6 is 0 Å². The molecule has 0 saturated carbocycles. The number of benzene rings is 4. The summed E-state index contributed by atoms with van der Waals surface area (Å²) in [6.07, 6.45) is -1.72. The Morgan fingerprint density at radius 3 is 2.00 bits per heavy atom. The van der Waals surface area contributed by atoms with Crippen LogP contribution in [0.2, 0.25) is 0 Å². The molecule has 5 atom stereocenters. The number of hydrogen-bond donors (Lipinski definition) is 3. The van der Waals surface area contributed by atoms with Gasteiger partial charge in [-0.15, -0.1) is 0 Å². The Kier molecular flexibility index (Phi) is 11.2. The van der Waals surface area contributed by atoms with Crippen molar-refractivity contribution in [1.29, 1.82) is 0 Å². The van der Waals surface area contributed by atoms with E-state index >= 15 is 0 Å². The molecule has 1 aliphatic rings. The Labute approximate surface area is 274 Å². The van der Waals surface area contributed by atoms with Gasteiger partial charge in [0.05, 0.1) is 24.9 Å². The zero-order valence-corrected chi connectivity index (χ0v) is 26.2. The lowest BCUT2D eigenvalue weighted by atomic mass is 9.98. The molecule has 3 N–H and O–H groups in total. The molecule has 0 spiro atoms. The van der Waals surface area contributed by atoms with Crippen molar-refractivity contribution in [2.45, 2.75) is 57.1 Å². The van der Waals surface area contributed by atoms with Crippen molar-refractivity contribution in [3.8, 4) is 0 Å². The monoisotopic (exact) mass is 670 g/mol. The Bertz CT molecular complexity index is 1680. The third-order valence-electron chi connectivity index (χ3n) is 8.54. The lowest BCUT2D eigenvalue weighted by molar-refractivity contribution is -0.253. The van der Waals surface area contributed by atoms with Gasteiger partial charge in [0.25, 0.3) is 5.91 Å². The van der Waals surface area contributed by atoms with Gasteiger partial charge in [-0.1, -0.05) is 78.9 Å². The van der Waals surface area contributed by atoms with E-state index in [2.05, 4.69) is 5.32 Å². The summed E-state index contributed by atoms with van der Waals surface area (Å²) < 4.78 is 81.4. The number of likely N-dealkylation sites (N-methyl/N-ethyl adjacent to an activating group) is 1. The van der Waals surface area contributed by atoms with Crippen LogP contribution in [0.1, 0.15) is 70.0 Å². The van der Waals surface area contributed by atoms with Crippen molar-refractivity contribution in [2.24, 2.45) is 0 Å². The highest BCUT2D eigenvalue weighted by atomic mass is 19.2. The summed E-state index contributed by atoms with van der Waals surface area (Å²) in [5, 5.41) is 22.7. The van der Waals surface area contributed by atoms with Gasteiger partial charge in [-0.3, -0.25) is 9.69 Å². The fraction of sp³-hybridized carbons (Fsp3) is 0.306. The molecule has 5 rings (SSSR count). The molecule has 1 saturated heterocycles. The maximum atomic E-state index is 14.1. The number of nitrogens with zero attached hydrogens (tertiary/aromatic N) is 1. The normalized spacial score (nSPS) is 19.2. The first-order valence-electron chi connectivity index (χ1n) is 15.3. The number of aliphatic hydroxyl groups is 2. The number of halogens is 5. The zero-order valence-electron chi connectivity index (χ0n) is 26.2. The number of ether oxygens (including phenoxy) is 2. The maximum Gasteiger partial charge on any atom is 0.257 e. The summed E-state index contributed by atoms with van der Waals surface area (Å²) in [5.41, 5.74) is 1.98. The highest BCUT2D eigenvalue weighted by molar-refractivity contribution is 5.94. The molecule has 1 aliphatic heterocycles. The average molecular weight is 671 g/mol. The number of rotatable bonds is 11. The number of nitrogens with one attached hydrogen (secondary N) is 1. The van der Waals surface area contributed by atoms with Crippen molar-refractivity contribution < 1.29 is 46.4 Å². The zero-order chi connectivity index (χ0) is 34.5. The van der Waals surface area contributed by atoms with E-state index in [4.69, 9.17) is 9.47 Å². The van der Waals surface area contributed by atoms with Gasteiger partial charge in [0.2, 0.25) is 5.82 Å². The van der Waals surface area contributed by atoms with E-state index in [9.17, 15) is 37.0 Å². The molecule has 4 aromatic carbocycles. The van der Waals surface area contributed by atoms with Crippen molar-refractivity contribution in [2.75, 3.05) is 13.6 Å². The van der Waals surface area contributed by atoms with Gasteiger partial charge >= 0.3 is 0 Å². The van der Waals surface area contributed by atoms with Crippen molar-refractivity contribution in [3.05, 3.63) is 141 Å². The molecule has 254 valence electrons. The van der Waals surface area contributed by atoms with Crippen LogP contribution in [0, 0.1) is 29.1 Å². The van der Waals surface area contributed by atoms with Crippen LogP contribution in [0.15, 0.2) is 78.9 Å². The molecule has 12 heteroatoms. The molecular weight excluding hydrogens is 635 g/mol. The summed E-state index contributed by atoms with van der Waals surface area (Å²) >= 11 is 0. The Morgan fingerprint density at radius 2 is 1.40 bits per heavy atom. The Balaban J connectivity index is 1.30. The summed E-state index contributed by atoms with van der Waals surface area (Å²) in [4.78, 5) is 14.4. The van der Waals surface area contributed by atoms with E-state index in [0.717, 1.165) is 16.7 Å². The number of carbonyl (C=O) groups excluding carboxylic acids is 1. The van der Waals surface area contributed by atoms with E-state index < -0.39 is 53.0 Å². The molecule has 0 aliphatic carbocycles. The third-order valence-corrected chi connectivity index (χ3v) is 8.54. The van der Waals surface area contributed by atoms with Crippen LogP contribution < -0.4 is 5.32 Å². The number of aliphatic hydroxyl groups excluding tert-OH is 2. The first kappa shape index (κ1) is 35.1. The summed E-state index contributed by atoms with van der Waals surface area (Å²) in [7, 11) is 1.91. The Morgan fingerprint density at radius 1 is 0.833 bits per heavy atom. The molecule has 0 aromatic heterocycles. The van der Waals surface area contributed by atoms with Gasteiger partial charge in [0.15, 0.2) is 29.6 Å². The average Bonchev–Trinajstić information content (AvgIpc) is 3.12. The van der Waals surface area contributed by atoms with Gasteiger partial charge in [-0.25, -0.2) is 22.0 Å². The number of hydrogen-bond acceptors (Lipinski definition) is 6. The number of amides is 1. The molecule has 1 fully saturated rings. The van der Waals surface area contributed by atoms with Crippen LogP contribution in [-0.4, -0.2) is 46.8 Å². The van der Waals surface area contributed by atoms with Gasteiger partial charge in [0.1, 0.15) is 5.56 Å². The van der Waals surface area contributed by atoms with Crippen LogP contribution in [0.5, 0.6) is 0 Å². The SMILES string of the molecule is C[C@@H]([C@H](O)c1ccccc1)N(C)C[C@@H]1C[C@H](c2ccc(CO)cc2)O[C@H](c2ccc(CNC(=O)c3c(F)c(F)c(F)c(F)c3F)cc2)O1. The lowest BCUT2D eigenvalue weighted by Crippen LogP contribution is -2.43. The minimum absolute atomic E-state index is 0.0963. The molecule has 0 unspecified atom stereocenters. The molecule has 7 nitrogen and oxygen atoms in total. The molecule has 1 amide bonds. The fourth-order valence-electron chi connectivity index (χ4n) is 5.56. The predicted octanol–water partition coefficient (Wildman–Crippen LogP) is 6.40. The standard InChI is InChI=1S/C36H35F5N2O5/c1-20(34(45)24-6-4-3-5-7-24)43(2)18-26-16-27(23-12-10-22(19-44)11-13-23)48-36(47-26)25-14-8-21(9-15-25)17-42-35(46)28-29(37)31(39)33(41)32(40)30(28)38/h3-15,20,26-27,34,36,44-45H,16-19H2,1-2H3,(H,42,46)/t20-,26-,27+,34-,36+/m0/s1. The summed E-state index contributed by atoms with van der Waals surface area (Å²) in [6.45, 7) is 2.04. The Hall–Kier alpha value is -4.20. The van der Waals surface area contributed by atoms with Crippen molar-refractivity contribution in [3.63, 3.8) is 0 Å². The van der Waals surface area contributed by atoms with Crippen molar-refractivity contribution in [1.82, 2.24) is 10.2 Å². The fourth-order valence-corrected chi connectivity index (χ4v) is 5.56.